The maximum absolute atomic E-state index is 4.39. The smallest absolute Gasteiger partial charge is 0.0346 e. The Bertz CT molecular complexity index is 2430. The number of hydrogen-bond acceptors (Lipinski definition) is 3. The fourth-order valence-electron chi connectivity index (χ4n) is 6.89. The van der Waals surface area contributed by atoms with Gasteiger partial charge in [0, 0.05) is 42.7 Å². The van der Waals surface area contributed by atoms with Gasteiger partial charge in [0.25, 0.3) is 0 Å². The topological polar surface area (TPSA) is 38.7 Å². The first-order valence-electron chi connectivity index (χ1n) is 15.5. The molecule has 0 aliphatic carbocycles. The van der Waals surface area contributed by atoms with Crippen LogP contribution in [0.4, 0.5) is 0 Å². The number of rotatable bonds is 5. The second-order valence-corrected chi connectivity index (χ2v) is 11.7. The average molecular weight is 586 g/mol. The van der Waals surface area contributed by atoms with Gasteiger partial charge >= 0.3 is 0 Å². The van der Waals surface area contributed by atoms with Crippen LogP contribution in [-0.4, -0.2) is 15.0 Å². The monoisotopic (exact) mass is 585 g/mol. The summed E-state index contributed by atoms with van der Waals surface area (Å²) in [7, 11) is 0. The minimum atomic E-state index is 1.14. The van der Waals surface area contributed by atoms with Gasteiger partial charge in [0.15, 0.2) is 0 Å². The van der Waals surface area contributed by atoms with E-state index in [2.05, 4.69) is 136 Å². The van der Waals surface area contributed by atoms with E-state index in [-0.39, 0.29) is 0 Å². The van der Waals surface area contributed by atoms with Crippen LogP contribution in [0.1, 0.15) is 0 Å². The zero-order valence-corrected chi connectivity index (χ0v) is 24.9. The third-order valence-corrected chi connectivity index (χ3v) is 9.13. The van der Waals surface area contributed by atoms with Crippen LogP contribution in [0.15, 0.2) is 165 Å². The first-order chi connectivity index (χ1) is 22.8. The Hall–Kier alpha value is -6.19. The summed E-state index contributed by atoms with van der Waals surface area (Å²) in [5.41, 5.74) is 11.7. The zero-order valence-electron chi connectivity index (χ0n) is 24.9. The highest BCUT2D eigenvalue weighted by atomic mass is 14.6. The van der Waals surface area contributed by atoms with Crippen molar-refractivity contribution in [2.24, 2.45) is 0 Å². The van der Waals surface area contributed by atoms with Gasteiger partial charge < -0.3 is 0 Å². The molecule has 3 heteroatoms. The van der Waals surface area contributed by atoms with Crippen LogP contribution in [0.25, 0.3) is 88.0 Å². The molecule has 0 saturated heterocycles. The van der Waals surface area contributed by atoms with Gasteiger partial charge in [-0.3, -0.25) is 15.0 Å². The average Bonchev–Trinajstić information content (AvgIpc) is 3.14. The number of pyridine rings is 3. The Kier molecular flexibility index (Phi) is 6.14. The van der Waals surface area contributed by atoms with E-state index in [0.717, 1.165) is 27.8 Å². The van der Waals surface area contributed by atoms with Gasteiger partial charge in [0.2, 0.25) is 0 Å². The van der Waals surface area contributed by atoms with Crippen LogP contribution in [0, 0.1) is 0 Å². The van der Waals surface area contributed by atoms with E-state index < -0.39 is 0 Å². The molecule has 6 aromatic carbocycles. The van der Waals surface area contributed by atoms with Crippen molar-refractivity contribution in [1.29, 1.82) is 0 Å². The van der Waals surface area contributed by atoms with E-state index in [1.54, 1.807) is 0 Å². The summed E-state index contributed by atoms with van der Waals surface area (Å²) in [6.45, 7) is 0. The molecule has 0 atom stereocenters. The van der Waals surface area contributed by atoms with Crippen molar-refractivity contribution in [2.75, 3.05) is 0 Å². The van der Waals surface area contributed by atoms with Gasteiger partial charge in [-0.05, 0) is 131 Å². The van der Waals surface area contributed by atoms with Gasteiger partial charge in [0.05, 0.1) is 0 Å². The lowest BCUT2D eigenvalue weighted by Crippen LogP contribution is -1.90. The summed E-state index contributed by atoms with van der Waals surface area (Å²) in [5, 5.41) is 7.67. The maximum Gasteiger partial charge on any atom is 0.0346 e. The fraction of sp³-hybridized carbons (Fsp3) is 0. The largest absolute Gasteiger partial charge is 0.265 e. The van der Waals surface area contributed by atoms with E-state index >= 15 is 0 Å². The molecule has 3 heterocycles. The summed E-state index contributed by atoms with van der Waals surface area (Å²) in [6.07, 6.45) is 11.2. The highest BCUT2D eigenvalue weighted by Gasteiger charge is 2.15. The third-order valence-electron chi connectivity index (χ3n) is 9.13. The Morgan fingerprint density at radius 2 is 0.761 bits per heavy atom. The summed E-state index contributed by atoms with van der Waals surface area (Å²) >= 11 is 0. The quantitative estimate of drug-likeness (QED) is 0.189. The number of hydrogen-bond donors (Lipinski definition) is 0. The van der Waals surface area contributed by atoms with E-state index in [0.29, 0.717) is 0 Å². The zero-order chi connectivity index (χ0) is 30.5. The molecule has 3 nitrogen and oxygen atoms in total. The van der Waals surface area contributed by atoms with Crippen LogP contribution >= 0.6 is 0 Å². The van der Waals surface area contributed by atoms with Crippen LogP contribution < -0.4 is 0 Å². The minimum Gasteiger partial charge on any atom is -0.265 e. The van der Waals surface area contributed by atoms with Gasteiger partial charge in [0.1, 0.15) is 0 Å². The van der Waals surface area contributed by atoms with Crippen molar-refractivity contribution in [1.82, 2.24) is 15.0 Å². The Morgan fingerprint density at radius 1 is 0.304 bits per heavy atom. The van der Waals surface area contributed by atoms with Crippen molar-refractivity contribution in [2.45, 2.75) is 0 Å². The molecule has 0 radical (unpaired) electrons. The van der Waals surface area contributed by atoms with Crippen LogP contribution in [-0.2, 0) is 0 Å². The molecule has 0 aliphatic heterocycles. The molecular weight excluding hydrogens is 558 g/mol. The van der Waals surface area contributed by atoms with Gasteiger partial charge in [-0.2, -0.15) is 0 Å². The van der Waals surface area contributed by atoms with E-state index in [4.69, 9.17) is 0 Å². The molecule has 9 rings (SSSR count). The van der Waals surface area contributed by atoms with Crippen molar-refractivity contribution in [3.05, 3.63) is 165 Å². The lowest BCUT2D eigenvalue weighted by Gasteiger charge is -2.16. The molecule has 0 unspecified atom stereocenters. The highest BCUT2D eigenvalue weighted by molar-refractivity contribution is 6.27. The van der Waals surface area contributed by atoms with Crippen LogP contribution in [0.2, 0.25) is 0 Å². The number of nitrogens with zero attached hydrogens (tertiary/aromatic N) is 3. The molecule has 0 spiro atoms. The van der Waals surface area contributed by atoms with Gasteiger partial charge in [-0.1, -0.05) is 78.9 Å². The lowest BCUT2D eigenvalue weighted by atomic mass is 9.87. The van der Waals surface area contributed by atoms with Crippen LogP contribution in [0.5, 0.6) is 0 Å². The number of aromatic nitrogens is 3. The van der Waals surface area contributed by atoms with E-state index in [9.17, 15) is 0 Å². The maximum atomic E-state index is 4.39. The first-order valence-corrected chi connectivity index (χ1v) is 15.5. The molecule has 0 amide bonds. The molecule has 9 aromatic rings. The van der Waals surface area contributed by atoms with E-state index in [1.807, 2.05) is 43.2 Å². The molecule has 0 bridgehead atoms. The second-order valence-electron chi connectivity index (χ2n) is 11.7. The van der Waals surface area contributed by atoms with Crippen molar-refractivity contribution in [3.8, 4) is 55.6 Å². The minimum absolute atomic E-state index is 1.14. The fourth-order valence-corrected chi connectivity index (χ4v) is 6.89. The predicted molar refractivity (Wildman–Crippen MR) is 191 cm³/mol. The normalized spacial score (nSPS) is 11.5. The Labute approximate surface area is 266 Å². The summed E-state index contributed by atoms with van der Waals surface area (Å²) in [6, 6.07) is 46.2. The predicted octanol–water partition coefficient (Wildman–Crippen LogP) is 11.1. The highest BCUT2D eigenvalue weighted by Crippen LogP contribution is 2.42. The van der Waals surface area contributed by atoms with Crippen molar-refractivity contribution in [3.63, 3.8) is 0 Å². The van der Waals surface area contributed by atoms with Crippen molar-refractivity contribution < 1.29 is 0 Å². The van der Waals surface area contributed by atoms with Gasteiger partial charge in [-0.15, -0.1) is 0 Å². The molecule has 0 fully saturated rings. The van der Waals surface area contributed by atoms with Gasteiger partial charge in [-0.25, -0.2) is 0 Å². The molecule has 0 N–H and O–H groups in total. The SMILES string of the molecule is c1cncc(-c2ccc3ccc4c(-c5ccc(-c6cc(-c7ccncc7)cc(-c7ccncc7)c6)cc5)ccc5ccc2c3c54)c1. The summed E-state index contributed by atoms with van der Waals surface area (Å²) < 4.78 is 0. The standard InChI is InChI=1S/C43H27N3/c1-2-34(27-46-19-1)39-12-8-33-9-13-40-38(11-7-32-10-14-41(39)43(33)42(32)40)31-5-3-28(4-6-31)35-24-36(29-15-20-44-21-16-29)26-37(25-35)30-17-22-45-23-18-30/h1-27H. The Morgan fingerprint density at radius 3 is 1.26 bits per heavy atom. The molecule has 46 heavy (non-hydrogen) atoms. The van der Waals surface area contributed by atoms with Crippen molar-refractivity contribution >= 4 is 32.3 Å². The summed E-state index contributed by atoms with van der Waals surface area (Å²) in [4.78, 5) is 12.8. The van der Waals surface area contributed by atoms with E-state index in [1.165, 1.54) is 60.1 Å². The van der Waals surface area contributed by atoms with Crippen LogP contribution in [0.3, 0.4) is 0 Å². The third kappa shape index (κ3) is 4.41. The summed E-state index contributed by atoms with van der Waals surface area (Å²) in [5.74, 6) is 0. The molecule has 0 saturated carbocycles. The lowest BCUT2D eigenvalue weighted by molar-refractivity contribution is 1.33. The molecule has 214 valence electrons. The molecule has 3 aromatic heterocycles. The molecule has 0 aliphatic rings. The molecular formula is C43H27N3. The number of benzene rings is 6. The second kappa shape index (κ2) is 10.8. The Balaban J connectivity index is 1.17. The first kappa shape index (κ1) is 26.2.